The van der Waals surface area contributed by atoms with Crippen LogP contribution in [0.4, 0.5) is 0 Å². The van der Waals surface area contributed by atoms with Gasteiger partial charge in [-0.15, -0.1) is 0 Å². The van der Waals surface area contributed by atoms with Gasteiger partial charge in [-0.25, -0.2) is 0 Å². The molecule has 4 rings (SSSR count). The average molecular weight is 272 g/mol. The second-order valence-electron chi connectivity index (χ2n) is 6.40. The van der Waals surface area contributed by atoms with Gasteiger partial charge in [0.25, 0.3) is 0 Å². The third-order valence-corrected chi connectivity index (χ3v) is 5.08. The van der Waals surface area contributed by atoms with E-state index in [2.05, 4.69) is 40.5 Å². The average Bonchev–Trinajstić information content (AvgIpc) is 3.25. The van der Waals surface area contributed by atoms with Gasteiger partial charge in [0.05, 0.1) is 6.10 Å². The normalized spacial score (nSPS) is 35.3. The topological polar surface area (TPSA) is 24.5 Å². The second kappa shape index (κ2) is 5.47. The van der Waals surface area contributed by atoms with E-state index in [0.717, 1.165) is 32.2 Å². The van der Waals surface area contributed by atoms with E-state index in [1.165, 1.54) is 24.8 Å². The van der Waals surface area contributed by atoms with Crippen LogP contribution < -0.4 is 5.32 Å². The summed E-state index contributed by atoms with van der Waals surface area (Å²) in [6.07, 6.45) is 4.47. The molecule has 1 N–H and O–H groups in total. The van der Waals surface area contributed by atoms with Gasteiger partial charge in [-0.3, -0.25) is 4.90 Å². The number of piperazine rings is 1. The lowest BCUT2D eigenvalue weighted by atomic mass is 9.97. The molecule has 1 aromatic carbocycles. The fraction of sp³-hybridized carbons (Fsp3) is 0.647. The molecule has 0 aromatic heterocycles. The Hall–Kier alpha value is -0.900. The summed E-state index contributed by atoms with van der Waals surface area (Å²) in [6, 6.07) is 12.1. The summed E-state index contributed by atoms with van der Waals surface area (Å²) in [6.45, 7) is 4.28. The highest BCUT2D eigenvalue weighted by Crippen LogP contribution is 2.42. The molecule has 0 amide bonds. The predicted octanol–water partition coefficient (Wildman–Crippen LogP) is 2.20. The highest BCUT2D eigenvalue weighted by molar-refractivity contribution is 5.20. The Morgan fingerprint density at radius 1 is 1.10 bits per heavy atom. The molecule has 0 bridgehead atoms. The third kappa shape index (κ3) is 2.39. The number of rotatable bonds is 3. The molecule has 1 saturated carbocycles. The minimum absolute atomic E-state index is 0.499. The maximum absolute atomic E-state index is 6.06. The van der Waals surface area contributed by atoms with Crippen molar-refractivity contribution in [2.24, 2.45) is 5.92 Å². The monoisotopic (exact) mass is 272 g/mol. The van der Waals surface area contributed by atoms with E-state index in [0.29, 0.717) is 18.2 Å². The van der Waals surface area contributed by atoms with Gasteiger partial charge in [0.2, 0.25) is 0 Å². The summed E-state index contributed by atoms with van der Waals surface area (Å²) in [5, 5.41) is 3.56. The van der Waals surface area contributed by atoms with Crippen LogP contribution in [0.5, 0.6) is 0 Å². The molecule has 3 fully saturated rings. The van der Waals surface area contributed by atoms with Gasteiger partial charge >= 0.3 is 0 Å². The van der Waals surface area contributed by atoms with Crippen LogP contribution in [-0.2, 0) is 4.74 Å². The Morgan fingerprint density at radius 2 is 1.95 bits per heavy atom. The Bertz CT molecular complexity index is 446. The standard InChI is InChI=1S/C17H24N2O/c1-2-4-13(5-3-1)16-12-18-9-10-19(16)15-8-11-20-17(15)14-6-7-14/h1-5,14-18H,6-12H2. The lowest BCUT2D eigenvalue weighted by Gasteiger charge is -2.42. The van der Waals surface area contributed by atoms with Gasteiger partial charge in [-0.1, -0.05) is 30.3 Å². The Balaban J connectivity index is 1.57. The van der Waals surface area contributed by atoms with E-state index in [9.17, 15) is 0 Å². The minimum atomic E-state index is 0.499. The van der Waals surface area contributed by atoms with Crippen LogP contribution in [0.25, 0.3) is 0 Å². The molecule has 3 aliphatic rings. The first-order valence-corrected chi connectivity index (χ1v) is 8.06. The first-order valence-electron chi connectivity index (χ1n) is 8.06. The fourth-order valence-corrected chi connectivity index (χ4v) is 3.93. The summed E-state index contributed by atoms with van der Waals surface area (Å²) >= 11 is 0. The molecule has 2 saturated heterocycles. The van der Waals surface area contributed by atoms with E-state index in [-0.39, 0.29) is 0 Å². The number of ether oxygens (including phenoxy) is 1. The molecular formula is C17H24N2O. The van der Waals surface area contributed by atoms with Crippen LogP contribution in [-0.4, -0.2) is 43.3 Å². The zero-order chi connectivity index (χ0) is 13.4. The van der Waals surface area contributed by atoms with Gasteiger partial charge in [0.1, 0.15) is 0 Å². The summed E-state index contributed by atoms with van der Waals surface area (Å²) in [7, 11) is 0. The zero-order valence-electron chi connectivity index (χ0n) is 12.0. The quantitative estimate of drug-likeness (QED) is 0.913. The van der Waals surface area contributed by atoms with Gasteiger partial charge in [0.15, 0.2) is 0 Å². The molecule has 3 nitrogen and oxygen atoms in total. The van der Waals surface area contributed by atoms with E-state index in [1.54, 1.807) is 0 Å². The highest BCUT2D eigenvalue weighted by Gasteiger charge is 2.45. The van der Waals surface area contributed by atoms with E-state index >= 15 is 0 Å². The van der Waals surface area contributed by atoms with Crippen LogP contribution in [0.2, 0.25) is 0 Å². The van der Waals surface area contributed by atoms with E-state index in [4.69, 9.17) is 4.74 Å². The Morgan fingerprint density at radius 3 is 2.75 bits per heavy atom. The first kappa shape index (κ1) is 12.8. The van der Waals surface area contributed by atoms with Crippen molar-refractivity contribution in [1.29, 1.82) is 0 Å². The first-order chi connectivity index (χ1) is 9.93. The smallest absolute Gasteiger partial charge is 0.0759 e. The van der Waals surface area contributed by atoms with Crippen molar-refractivity contribution in [3.63, 3.8) is 0 Å². The zero-order valence-corrected chi connectivity index (χ0v) is 12.0. The molecule has 3 unspecified atom stereocenters. The van der Waals surface area contributed by atoms with Crippen LogP contribution in [0.15, 0.2) is 30.3 Å². The van der Waals surface area contributed by atoms with Crippen LogP contribution in [0.3, 0.4) is 0 Å². The molecule has 3 heteroatoms. The number of nitrogens with zero attached hydrogens (tertiary/aromatic N) is 1. The SMILES string of the molecule is c1ccc(C2CNCCN2C2CCOC2C2CC2)cc1. The fourth-order valence-electron chi connectivity index (χ4n) is 3.93. The van der Waals surface area contributed by atoms with Crippen molar-refractivity contribution in [1.82, 2.24) is 10.2 Å². The second-order valence-corrected chi connectivity index (χ2v) is 6.40. The Labute approximate surface area is 121 Å². The summed E-state index contributed by atoms with van der Waals surface area (Å²) in [4.78, 5) is 2.72. The molecule has 1 aromatic rings. The molecular weight excluding hydrogens is 248 g/mol. The maximum Gasteiger partial charge on any atom is 0.0759 e. The summed E-state index contributed by atoms with van der Waals surface area (Å²) in [5.41, 5.74) is 1.45. The molecule has 3 atom stereocenters. The minimum Gasteiger partial charge on any atom is -0.376 e. The van der Waals surface area contributed by atoms with Crippen LogP contribution >= 0.6 is 0 Å². The molecule has 2 heterocycles. The Kier molecular flexibility index (Phi) is 3.51. The molecule has 108 valence electrons. The van der Waals surface area contributed by atoms with Gasteiger partial charge in [-0.2, -0.15) is 0 Å². The molecule has 2 aliphatic heterocycles. The van der Waals surface area contributed by atoms with Crippen molar-refractivity contribution in [3.8, 4) is 0 Å². The lowest BCUT2D eigenvalue weighted by molar-refractivity contribution is 0.0206. The number of hydrogen-bond acceptors (Lipinski definition) is 3. The van der Waals surface area contributed by atoms with Crippen molar-refractivity contribution < 1.29 is 4.74 Å². The predicted molar refractivity (Wildman–Crippen MR) is 79.6 cm³/mol. The molecule has 20 heavy (non-hydrogen) atoms. The molecule has 1 aliphatic carbocycles. The maximum atomic E-state index is 6.06. The summed E-state index contributed by atoms with van der Waals surface area (Å²) in [5.74, 6) is 0.841. The number of nitrogens with one attached hydrogen (secondary N) is 1. The van der Waals surface area contributed by atoms with Crippen molar-refractivity contribution in [2.75, 3.05) is 26.2 Å². The summed E-state index contributed by atoms with van der Waals surface area (Å²) < 4.78 is 6.06. The number of hydrogen-bond donors (Lipinski definition) is 1. The molecule has 0 radical (unpaired) electrons. The largest absolute Gasteiger partial charge is 0.376 e. The number of benzene rings is 1. The highest BCUT2D eigenvalue weighted by atomic mass is 16.5. The lowest BCUT2D eigenvalue weighted by Crippen LogP contribution is -2.53. The van der Waals surface area contributed by atoms with Crippen molar-refractivity contribution in [3.05, 3.63) is 35.9 Å². The van der Waals surface area contributed by atoms with Gasteiger partial charge < -0.3 is 10.1 Å². The van der Waals surface area contributed by atoms with Crippen LogP contribution in [0.1, 0.15) is 30.9 Å². The van der Waals surface area contributed by atoms with E-state index in [1.807, 2.05) is 0 Å². The molecule has 0 spiro atoms. The van der Waals surface area contributed by atoms with Gasteiger partial charge in [-0.05, 0) is 30.7 Å². The van der Waals surface area contributed by atoms with Crippen LogP contribution in [0, 0.1) is 5.92 Å². The van der Waals surface area contributed by atoms with Gasteiger partial charge in [0, 0.05) is 38.3 Å². The van der Waals surface area contributed by atoms with Crippen molar-refractivity contribution in [2.45, 2.75) is 37.5 Å². The van der Waals surface area contributed by atoms with E-state index < -0.39 is 0 Å². The third-order valence-electron chi connectivity index (χ3n) is 5.08. The van der Waals surface area contributed by atoms with Crippen molar-refractivity contribution >= 4 is 0 Å².